The van der Waals surface area contributed by atoms with Gasteiger partial charge < -0.3 is 29.6 Å². The molecule has 2 N–H and O–H groups in total. The lowest BCUT2D eigenvalue weighted by molar-refractivity contribution is 0.323. The van der Waals surface area contributed by atoms with E-state index in [0.29, 0.717) is 42.2 Å². The molecule has 0 atom stereocenters. The number of methoxy groups -OCH3 is 4. The minimum absolute atomic E-state index is 0.538. The molecule has 1 aromatic heterocycles. The van der Waals surface area contributed by atoms with Crippen LogP contribution < -0.4 is 29.6 Å². The first-order valence-corrected chi connectivity index (χ1v) is 8.37. The van der Waals surface area contributed by atoms with Gasteiger partial charge in [-0.2, -0.15) is 0 Å². The van der Waals surface area contributed by atoms with Crippen molar-refractivity contribution in [3.63, 3.8) is 0 Å². The molecule has 1 heterocycles. The van der Waals surface area contributed by atoms with Crippen LogP contribution in [0.5, 0.6) is 23.1 Å². The third-order valence-electron chi connectivity index (χ3n) is 3.88. The van der Waals surface area contributed by atoms with Crippen molar-refractivity contribution in [3.8, 4) is 23.1 Å². The number of aromatic nitrogens is 1. The summed E-state index contributed by atoms with van der Waals surface area (Å²) >= 11 is 0. The van der Waals surface area contributed by atoms with Crippen LogP contribution in [0.25, 0.3) is 0 Å². The van der Waals surface area contributed by atoms with Gasteiger partial charge in [-0.15, -0.1) is 0 Å². The summed E-state index contributed by atoms with van der Waals surface area (Å²) in [5.41, 5.74) is 2.01. The summed E-state index contributed by atoms with van der Waals surface area (Å²) in [5.74, 6) is 3.04. The van der Waals surface area contributed by atoms with E-state index in [1.54, 1.807) is 41.7 Å². The molecule has 0 aliphatic rings. The Morgan fingerprint density at radius 1 is 0.889 bits per heavy atom. The summed E-state index contributed by atoms with van der Waals surface area (Å²) in [7, 11) is 8.09. The second-order valence-electron chi connectivity index (χ2n) is 5.52. The first kappa shape index (κ1) is 20.2. The summed E-state index contributed by atoms with van der Waals surface area (Å²) in [4.78, 5) is 8.34. The Kier molecular flexibility index (Phi) is 7.54. The molecule has 0 radical (unpaired) electrons. The maximum absolute atomic E-state index is 5.38. The Bertz CT molecular complexity index is 755. The van der Waals surface area contributed by atoms with E-state index in [9.17, 15) is 0 Å². The quantitative estimate of drug-likeness (QED) is 0.540. The highest BCUT2D eigenvalue weighted by molar-refractivity contribution is 5.79. The van der Waals surface area contributed by atoms with Crippen molar-refractivity contribution >= 4 is 5.96 Å². The lowest BCUT2D eigenvalue weighted by atomic mass is 10.2. The normalized spacial score (nSPS) is 10.9. The maximum atomic E-state index is 5.38. The van der Waals surface area contributed by atoms with Gasteiger partial charge in [0.1, 0.15) is 0 Å². The molecule has 0 aliphatic carbocycles. The Labute approximate surface area is 159 Å². The van der Waals surface area contributed by atoms with Gasteiger partial charge in [-0.3, -0.25) is 4.99 Å². The van der Waals surface area contributed by atoms with E-state index in [1.165, 1.54) is 0 Å². The molecular formula is C19H26N4O4. The number of benzene rings is 1. The summed E-state index contributed by atoms with van der Waals surface area (Å²) in [6.07, 6.45) is 1.71. The number of rotatable bonds is 8. The topological polar surface area (TPSA) is 86.2 Å². The van der Waals surface area contributed by atoms with E-state index < -0.39 is 0 Å². The molecule has 1 aromatic carbocycles. The molecule has 0 saturated carbocycles. The van der Waals surface area contributed by atoms with E-state index in [-0.39, 0.29) is 0 Å². The molecule has 8 nitrogen and oxygen atoms in total. The lowest BCUT2D eigenvalue weighted by Crippen LogP contribution is -2.36. The monoisotopic (exact) mass is 374 g/mol. The third-order valence-corrected chi connectivity index (χ3v) is 3.88. The number of pyridine rings is 1. The van der Waals surface area contributed by atoms with Gasteiger partial charge in [0.15, 0.2) is 17.5 Å². The maximum Gasteiger partial charge on any atom is 0.213 e. The van der Waals surface area contributed by atoms with Crippen LogP contribution in [0, 0.1) is 0 Å². The predicted molar refractivity (Wildman–Crippen MR) is 104 cm³/mol. The molecule has 2 rings (SSSR count). The van der Waals surface area contributed by atoms with Crippen LogP contribution in [0.4, 0.5) is 0 Å². The zero-order valence-electron chi connectivity index (χ0n) is 16.3. The van der Waals surface area contributed by atoms with E-state index in [0.717, 1.165) is 11.1 Å². The highest BCUT2D eigenvalue weighted by Gasteiger charge is 2.13. The van der Waals surface area contributed by atoms with E-state index in [4.69, 9.17) is 18.9 Å². The summed E-state index contributed by atoms with van der Waals surface area (Å²) in [6, 6.07) is 7.59. The summed E-state index contributed by atoms with van der Waals surface area (Å²) < 4.78 is 21.2. The fourth-order valence-electron chi connectivity index (χ4n) is 2.50. The number of ether oxygens (including phenoxy) is 4. The van der Waals surface area contributed by atoms with Gasteiger partial charge in [-0.25, -0.2) is 4.98 Å². The molecule has 0 bridgehead atoms. The molecular weight excluding hydrogens is 348 g/mol. The van der Waals surface area contributed by atoms with Crippen LogP contribution in [0.3, 0.4) is 0 Å². The molecule has 0 aliphatic heterocycles. The standard InChI is InChI=1S/C19H26N4O4/c1-20-19(22-11-13-6-7-21-17(10-13)26-4)23-12-14-8-15(24-2)18(27-5)16(9-14)25-3/h6-10H,11-12H2,1-5H3,(H2,20,22,23). The van der Waals surface area contributed by atoms with Crippen molar-refractivity contribution in [1.29, 1.82) is 0 Å². The smallest absolute Gasteiger partial charge is 0.213 e. The number of guanidine groups is 1. The fraction of sp³-hybridized carbons (Fsp3) is 0.368. The highest BCUT2D eigenvalue weighted by Crippen LogP contribution is 2.38. The van der Waals surface area contributed by atoms with Gasteiger partial charge in [0.05, 0.1) is 28.4 Å². The van der Waals surface area contributed by atoms with Gasteiger partial charge in [0.2, 0.25) is 11.6 Å². The number of hydrogen-bond acceptors (Lipinski definition) is 6. The molecule has 0 amide bonds. The Morgan fingerprint density at radius 3 is 2.04 bits per heavy atom. The number of nitrogens with zero attached hydrogens (tertiary/aromatic N) is 2. The molecule has 8 heteroatoms. The molecule has 27 heavy (non-hydrogen) atoms. The zero-order valence-corrected chi connectivity index (χ0v) is 16.3. The van der Waals surface area contributed by atoms with Crippen LogP contribution >= 0.6 is 0 Å². The van der Waals surface area contributed by atoms with Gasteiger partial charge in [-0.1, -0.05) is 0 Å². The van der Waals surface area contributed by atoms with Crippen molar-refractivity contribution in [2.45, 2.75) is 13.1 Å². The van der Waals surface area contributed by atoms with E-state index in [2.05, 4.69) is 20.6 Å². The van der Waals surface area contributed by atoms with Crippen LogP contribution in [-0.4, -0.2) is 46.4 Å². The highest BCUT2D eigenvalue weighted by atomic mass is 16.5. The van der Waals surface area contributed by atoms with Gasteiger partial charge >= 0.3 is 0 Å². The summed E-state index contributed by atoms with van der Waals surface area (Å²) in [5, 5.41) is 6.52. The molecule has 0 fully saturated rings. The van der Waals surface area contributed by atoms with Crippen molar-refractivity contribution in [3.05, 3.63) is 41.6 Å². The van der Waals surface area contributed by atoms with Crippen molar-refractivity contribution in [1.82, 2.24) is 15.6 Å². The number of hydrogen-bond donors (Lipinski definition) is 2. The lowest BCUT2D eigenvalue weighted by Gasteiger charge is -2.16. The third kappa shape index (κ3) is 5.40. The first-order chi connectivity index (χ1) is 13.1. The SMILES string of the molecule is CN=C(NCc1ccnc(OC)c1)NCc1cc(OC)c(OC)c(OC)c1. The minimum Gasteiger partial charge on any atom is -0.493 e. The van der Waals surface area contributed by atoms with E-state index >= 15 is 0 Å². The van der Waals surface area contributed by atoms with Gasteiger partial charge in [0, 0.05) is 32.4 Å². The Hall–Kier alpha value is -3.16. The fourth-order valence-corrected chi connectivity index (χ4v) is 2.50. The molecule has 146 valence electrons. The van der Waals surface area contributed by atoms with Crippen LogP contribution in [0.2, 0.25) is 0 Å². The van der Waals surface area contributed by atoms with Gasteiger partial charge in [-0.05, 0) is 29.3 Å². The second kappa shape index (κ2) is 10.1. The number of nitrogens with one attached hydrogen (secondary N) is 2. The molecule has 0 unspecified atom stereocenters. The minimum atomic E-state index is 0.538. The second-order valence-corrected chi connectivity index (χ2v) is 5.52. The molecule has 2 aromatic rings. The molecule has 0 spiro atoms. The Morgan fingerprint density at radius 2 is 1.52 bits per heavy atom. The average molecular weight is 374 g/mol. The average Bonchev–Trinajstić information content (AvgIpc) is 2.73. The van der Waals surface area contributed by atoms with Crippen molar-refractivity contribution < 1.29 is 18.9 Å². The van der Waals surface area contributed by atoms with Crippen molar-refractivity contribution in [2.75, 3.05) is 35.5 Å². The van der Waals surface area contributed by atoms with Crippen LogP contribution in [-0.2, 0) is 13.1 Å². The van der Waals surface area contributed by atoms with Gasteiger partial charge in [0.25, 0.3) is 0 Å². The van der Waals surface area contributed by atoms with Crippen LogP contribution in [0.15, 0.2) is 35.5 Å². The summed E-state index contributed by atoms with van der Waals surface area (Å²) in [6.45, 7) is 1.13. The Balaban J connectivity index is 2.01. The first-order valence-electron chi connectivity index (χ1n) is 8.37. The number of aliphatic imine (C=N–C) groups is 1. The van der Waals surface area contributed by atoms with Crippen molar-refractivity contribution in [2.24, 2.45) is 4.99 Å². The molecule has 0 saturated heterocycles. The van der Waals surface area contributed by atoms with Crippen LogP contribution in [0.1, 0.15) is 11.1 Å². The predicted octanol–water partition coefficient (Wildman–Crippen LogP) is 1.98. The van der Waals surface area contributed by atoms with E-state index in [1.807, 2.05) is 24.3 Å². The largest absolute Gasteiger partial charge is 0.493 e. The zero-order chi connectivity index (χ0) is 19.6.